The van der Waals surface area contributed by atoms with Crippen molar-refractivity contribution in [3.05, 3.63) is 178 Å². The van der Waals surface area contributed by atoms with Crippen LogP contribution in [0.15, 0.2) is 148 Å². The Morgan fingerprint density at radius 3 is 2.00 bits per heavy atom. The maximum Gasteiger partial charge on any atom is 0.264 e. The first-order valence-corrected chi connectivity index (χ1v) is 18.6. The van der Waals surface area contributed by atoms with Crippen LogP contribution in [0.3, 0.4) is 0 Å². The molecule has 0 fully saturated rings. The molecule has 1 atom stereocenters. The minimum atomic E-state index is -4.21. The summed E-state index contributed by atoms with van der Waals surface area (Å²) in [4.78, 5) is 20.5. The van der Waals surface area contributed by atoms with Crippen molar-refractivity contribution in [1.29, 1.82) is 0 Å². The summed E-state index contributed by atoms with van der Waals surface area (Å²) in [6.45, 7) is 1.86. The third-order valence-electron chi connectivity index (χ3n) is 8.08. The van der Waals surface area contributed by atoms with Gasteiger partial charge >= 0.3 is 0 Å². The summed E-state index contributed by atoms with van der Waals surface area (Å²) in [6.07, 6.45) is 0.556. The fourth-order valence-corrected chi connectivity index (χ4v) is 7.43. The lowest BCUT2D eigenvalue weighted by Crippen LogP contribution is -2.36. The Hall–Kier alpha value is -5.37. The van der Waals surface area contributed by atoms with Gasteiger partial charge in [-0.1, -0.05) is 115 Å². The molecule has 0 aliphatic carbocycles. The number of rotatable bonds is 14. The molecular weight excluding hydrogens is 707 g/mol. The van der Waals surface area contributed by atoms with Gasteiger partial charge in [-0.05, 0) is 35.7 Å². The average molecular weight is 741 g/mol. The van der Waals surface area contributed by atoms with E-state index in [0.29, 0.717) is 0 Å². The van der Waals surface area contributed by atoms with Crippen LogP contribution < -0.4 is 15.0 Å². The highest BCUT2D eigenvalue weighted by Crippen LogP contribution is 2.40. The van der Waals surface area contributed by atoms with Crippen molar-refractivity contribution in [1.82, 2.24) is 14.5 Å². The van der Waals surface area contributed by atoms with Gasteiger partial charge in [-0.15, -0.1) is 0 Å². The maximum atomic E-state index is 14.5. The van der Waals surface area contributed by atoms with Gasteiger partial charge in [0.2, 0.25) is 11.4 Å². The fourth-order valence-electron chi connectivity index (χ4n) is 5.56. The predicted molar refractivity (Wildman–Crippen MR) is 196 cm³/mol. The summed E-state index contributed by atoms with van der Waals surface area (Å²) in [5.41, 5.74) is 1.39. The summed E-state index contributed by atoms with van der Waals surface area (Å²) in [7, 11) is -2.78. The standard InChI is InChI=1S/C39H34F2N4O5S2/c1-27(25-49-39(29-14-6-3-7-15-29,30-16-8-4-9-17-30)31-18-10-5-11-19-31)50-35-23-34(44-52(47,48)32-21-22-36(46)45(2)24-32)42-38(43-35)51-26-28-13-12-20-33(40)37(28)41/h3-24,27H,25-26H2,1-2H3,(H,42,43,44)/t27-/m1/s1. The van der Waals surface area contributed by atoms with Gasteiger partial charge in [-0.3, -0.25) is 9.52 Å². The molecule has 0 saturated carbocycles. The molecule has 0 amide bonds. The first kappa shape index (κ1) is 36.4. The molecule has 1 N–H and O–H groups in total. The number of hydrogen-bond acceptors (Lipinski definition) is 8. The molecule has 4 aromatic carbocycles. The molecule has 9 nitrogen and oxygen atoms in total. The molecular formula is C39H34F2N4O5S2. The van der Waals surface area contributed by atoms with Crippen molar-refractivity contribution >= 4 is 27.6 Å². The summed E-state index contributed by atoms with van der Waals surface area (Å²) in [6, 6.07) is 37.0. The topological polar surface area (TPSA) is 112 Å². The number of pyridine rings is 1. The first-order chi connectivity index (χ1) is 25.0. The lowest BCUT2D eigenvalue weighted by atomic mass is 9.80. The maximum absolute atomic E-state index is 14.5. The average Bonchev–Trinajstić information content (AvgIpc) is 3.14. The largest absolute Gasteiger partial charge is 0.472 e. The number of hydrogen-bond donors (Lipinski definition) is 1. The zero-order valence-corrected chi connectivity index (χ0v) is 29.8. The molecule has 0 unspecified atom stereocenters. The van der Waals surface area contributed by atoms with Crippen LogP contribution in [0, 0.1) is 11.6 Å². The summed E-state index contributed by atoms with van der Waals surface area (Å²) >= 11 is 0.967. The van der Waals surface area contributed by atoms with E-state index in [4.69, 9.17) is 9.47 Å². The van der Waals surface area contributed by atoms with Crippen molar-refractivity contribution in [2.24, 2.45) is 7.05 Å². The van der Waals surface area contributed by atoms with E-state index in [2.05, 4.69) is 14.7 Å². The van der Waals surface area contributed by atoms with Gasteiger partial charge in [-0.25, -0.2) is 22.2 Å². The second-order valence-corrected chi connectivity index (χ2v) is 14.4. The quantitative estimate of drug-likeness (QED) is 0.0703. The van der Waals surface area contributed by atoms with Crippen LogP contribution in [-0.4, -0.2) is 35.7 Å². The van der Waals surface area contributed by atoms with E-state index in [0.717, 1.165) is 45.2 Å². The molecule has 52 heavy (non-hydrogen) atoms. The number of anilines is 1. The van der Waals surface area contributed by atoms with Crippen molar-refractivity contribution in [2.45, 2.75) is 34.4 Å². The van der Waals surface area contributed by atoms with Gasteiger partial charge < -0.3 is 14.0 Å². The molecule has 2 aromatic heterocycles. The molecule has 0 bridgehead atoms. The first-order valence-electron chi connectivity index (χ1n) is 16.2. The highest BCUT2D eigenvalue weighted by Gasteiger charge is 2.38. The van der Waals surface area contributed by atoms with Gasteiger partial charge in [0.1, 0.15) is 22.4 Å². The minimum Gasteiger partial charge on any atom is -0.472 e. The van der Waals surface area contributed by atoms with Crippen LogP contribution in [0.2, 0.25) is 0 Å². The Kier molecular flexibility index (Phi) is 11.1. The minimum absolute atomic E-state index is 0.0104. The Morgan fingerprint density at radius 1 is 0.827 bits per heavy atom. The number of ether oxygens (including phenoxy) is 2. The lowest BCUT2D eigenvalue weighted by Gasteiger charge is -2.36. The Bertz CT molecular complexity index is 2220. The highest BCUT2D eigenvalue weighted by molar-refractivity contribution is 7.98. The number of nitrogens with zero attached hydrogens (tertiary/aromatic N) is 3. The molecule has 0 saturated heterocycles. The SMILES string of the molecule is C[C@H](COC(c1ccccc1)(c1ccccc1)c1ccccc1)Oc1cc(NS(=O)(=O)c2ccc(=O)n(C)c2)nc(SCc2cccc(F)c2F)n1. The second kappa shape index (κ2) is 15.9. The van der Waals surface area contributed by atoms with Gasteiger partial charge in [0.25, 0.3) is 10.0 Å². The molecule has 0 aliphatic rings. The monoisotopic (exact) mass is 740 g/mol. The van der Waals surface area contributed by atoms with Crippen LogP contribution in [-0.2, 0) is 33.2 Å². The van der Waals surface area contributed by atoms with Gasteiger partial charge in [0, 0.05) is 36.7 Å². The summed E-state index contributed by atoms with van der Waals surface area (Å²) in [5, 5.41) is 0.0413. The lowest BCUT2D eigenvalue weighted by molar-refractivity contribution is -0.0267. The molecule has 2 heterocycles. The molecule has 0 spiro atoms. The van der Waals surface area contributed by atoms with Crippen LogP contribution in [0.1, 0.15) is 29.2 Å². The fraction of sp³-hybridized carbons (Fsp3) is 0.154. The van der Waals surface area contributed by atoms with E-state index in [9.17, 15) is 22.0 Å². The van der Waals surface area contributed by atoms with Crippen LogP contribution in [0.5, 0.6) is 5.88 Å². The van der Waals surface area contributed by atoms with E-state index >= 15 is 0 Å². The van der Waals surface area contributed by atoms with Crippen molar-refractivity contribution in [2.75, 3.05) is 11.3 Å². The van der Waals surface area contributed by atoms with E-state index in [-0.39, 0.29) is 45.2 Å². The van der Waals surface area contributed by atoms with Gasteiger partial charge in [-0.2, -0.15) is 4.98 Å². The Morgan fingerprint density at radius 2 is 1.42 bits per heavy atom. The van der Waals surface area contributed by atoms with E-state index in [1.54, 1.807) is 6.92 Å². The van der Waals surface area contributed by atoms with Gasteiger partial charge in [0.05, 0.1) is 6.61 Å². The zero-order chi connectivity index (χ0) is 36.7. The summed E-state index contributed by atoms with van der Waals surface area (Å²) < 4.78 is 71.8. The Labute approximate surface area is 304 Å². The molecule has 266 valence electrons. The number of aryl methyl sites for hydroxylation is 1. The third-order valence-corrected chi connectivity index (χ3v) is 10.3. The van der Waals surface area contributed by atoms with Crippen LogP contribution >= 0.6 is 11.8 Å². The number of thioether (sulfide) groups is 1. The molecule has 6 aromatic rings. The zero-order valence-electron chi connectivity index (χ0n) is 28.1. The number of nitrogens with one attached hydrogen (secondary N) is 1. The van der Waals surface area contributed by atoms with Crippen molar-refractivity contribution in [3.63, 3.8) is 0 Å². The molecule has 13 heteroatoms. The molecule has 0 aliphatic heterocycles. The van der Waals surface area contributed by atoms with Crippen molar-refractivity contribution in [3.8, 4) is 5.88 Å². The normalized spacial score (nSPS) is 12.3. The number of sulfonamides is 1. The van der Waals surface area contributed by atoms with Crippen LogP contribution in [0.25, 0.3) is 0 Å². The van der Waals surface area contributed by atoms with Crippen molar-refractivity contribution < 1.29 is 26.7 Å². The van der Waals surface area contributed by atoms with Gasteiger partial charge in [0.15, 0.2) is 16.8 Å². The molecule has 0 radical (unpaired) electrons. The second-order valence-electron chi connectivity index (χ2n) is 11.8. The van der Waals surface area contributed by atoms with E-state index in [1.807, 2.05) is 91.0 Å². The van der Waals surface area contributed by atoms with E-state index < -0.39 is 33.4 Å². The predicted octanol–water partition coefficient (Wildman–Crippen LogP) is 7.32. The highest BCUT2D eigenvalue weighted by atomic mass is 32.2. The molecule has 6 rings (SSSR count). The Balaban J connectivity index is 1.31. The third kappa shape index (κ3) is 8.23. The number of halogens is 2. The van der Waals surface area contributed by atoms with Crippen LogP contribution in [0.4, 0.5) is 14.6 Å². The smallest absolute Gasteiger partial charge is 0.264 e. The number of aromatic nitrogens is 3. The number of benzene rings is 4. The summed E-state index contributed by atoms with van der Waals surface area (Å²) in [5.74, 6) is -2.17. The van der Waals surface area contributed by atoms with E-state index in [1.165, 1.54) is 37.5 Å².